The summed E-state index contributed by atoms with van der Waals surface area (Å²) in [4.78, 5) is 23.4. The van der Waals surface area contributed by atoms with Crippen molar-refractivity contribution in [2.24, 2.45) is 9.98 Å². The summed E-state index contributed by atoms with van der Waals surface area (Å²) in [6, 6.07) is 11.5. The van der Waals surface area contributed by atoms with E-state index < -0.39 is 5.97 Å². The smallest absolute Gasteiger partial charge is 0.363 e. The highest BCUT2D eigenvalue weighted by Gasteiger charge is 2.25. The van der Waals surface area contributed by atoms with E-state index in [2.05, 4.69) is 28.8 Å². The van der Waals surface area contributed by atoms with Gasteiger partial charge in [-0.1, -0.05) is 26.0 Å². The molecule has 0 amide bonds. The highest BCUT2D eigenvalue weighted by Crippen LogP contribution is 2.23. The minimum atomic E-state index is -0.442. The molecule has 1 aromatic carbocycles. The zero-order chi connectivity index (χ0) is 17.2. The normalized spacial score (nSPS) is 16.7. The number of carbonyl (C=O) groups excluding carboxylic acids is 1. The number of ether oxygens (including phenoxy) is 1. The summed E-state index contributed by atoms with van der Waals surface area (Å²) < 4.78 is 5.28. The topological polar surface area (TPSA) is 66.8 Å². The molecule has 0 bridgehead atoms. The molecule has 0 radical (unpaired) electrons. The number of carbonyl (C=O) groups is 1. The van der Waals surface area contributed by atoms with Gasteiger partial charge >= 0.3 is 5.97 Å². The van der Waals surface area contributed by atoms with Crippen LogP contribution in [0.3, 0.4) is 0 Å². The van der Waals surface area contributed by atoms with Crippen LogP contribution >= 0.6 is 0 Å². The van der Waals surface area contributed by atoms with Gasteiger partial charge in [-0.3, -0.25) is 4.99 Å². The van der Waals surface area contributed by atoms with E-state index in [0.717, 1.165) is 16.8 Å². The van der Waals surface area contributed by atoms with Gasteiger partial charge < -0.3 is 9.72 Å². The van der Waals surface area contributed by atoms with Crippen LogP contribution in [-0.4, -0.2) is 30.1 Å². The Balaban J connectivity index is 1.86. The van der Waals surface area contributed by atoms with Crippen molar-refractivity contribution in [1.29, 1.82) is 0 Å². The molecule has 5 heteroatoms. The van der Waals surface area contributed by atoms with Crippen LogP contribution in [0.5, 0.6) is 0 Å². The summed E-state index contributed by atoms with van der Waals surface area (Å²) in [6.07, 6.45) is 5.37. The fourth-order valence-electron chi connectivity index (χ4n) is 2.55. The first-order valence-corrected chi connectivity index (χ1v) is 7.70. The van der Waals surface area contributed by atoms with Gasteiger partial charge in [0.2, 0.25) is 5.90 Å². The second-order valence-electron chi connectivity index (χ2n) is 6.15. The van der Waals surface area contributed by atoms with Crippen molar-refractivity contribution in [2.45, 2.75) is 19.3 Å². The number of H-pyrrole nitrogens is 1. The Bertz CT molecular complexity index is 826. The van der Waals surface area contributed by atoms with Crippen LogP contribution in [0.4, 0.5) is 0 Å². The van der Waals surface area contributed by atoms with E-state index in [1.54, 1.807) is 19.3 Å². The van der Waals surface area contributed by atoms with Gasteiger partial charge in [0.05, 0.1) is 0 Å². The molecular weight excluding hydrogens is 302 g/mol. The molecule has 3 rings (SSSR count). The third-order valence-electron chi connectivity index (χ3n) is 3.86. The van der Waals surface area contributed by atoms with Gasteiger partial charge in [-0.15, -0.1) is 0 Å². The largest absolute Gasteiger partial charge is 0.402 e. The van der Waals surface area contributed by atoms with Gasteiger partial charge in [0.15, 0.2) is 5.70 Å². The van der Waals surface area contributed by atoms with Crippen molar-refractivity contribution in [3.63, 3.8) is 0 Å². The van der Waals surface area contributed by atoms with Gasteiger partial charge in [0.25, 0.3) is 0 Å². The first-order chi connectivity index (χ1) is 11.5. The molecule has 0 unspecified atom stereocenters. The molecule has 0 saturated carbocycles. The van der Waals surface area contributed by atoms with Crippen LogP contribution < -0.4 is 0 Å². The summed E-state index contributed by atoms with van der Waals surface area (Å²) in [7, 11) is 1.76. The molecule has 0 atom stereocenters. The maximum absolute atomic E-state index is 12.0. The van der Waals surface area contributed by atoms with E-state index in [0.29, 0.717) is 5.90 Å². The van der Waals surface area contributed by atoms with Crippen LogP contribution in [0.1, 0.15) is 30.7 Å². The lowest BCUT2D eigenvalue weighted by Gasteiger charge is -2.19. The Morgan fingerprint density at radius 2 is 1.96 bits per heavy atom. The molecule has 1 aromatic heterocycles. The number of benzene rings is 1. The third kappa shape index (κ3) is 3.20. The Hall–Kier alpha value is -2.95. The van der Waals surface area contributed by atoms with Gasteiger partial charge in [-0.2, -0.15) is 0 Å². The average Bonchev–Trinajstić information content (AvgIpc) is 3.18. The first-order valence-electron chi connectivity index (χ1n) is 7.70. The Morgan fingerprint density at radius 1 is 1.21 bits per heavy atom. The highest BCUT2D eigenvalue weighted by atomic mass is 16.6. The van der Waals surface area contributed by atoms with Crippen molar-refractivity contribution in [3.8, 4) is 0 Å². The molecule has 122 valence electrons. The molecule has 1 N–H and O–H groups in total. The van der Waals surface area contributed by atoms with Gasteiger partial charge in [-0.05, 0) is 35.9 Å². The number of hydrogen-bond acceptors (Lipinski definition) is 4. The van der Waals surface area contributed by atoms with Crippen molar-refractivity contribution in [2.75, 3.05) is 7.05 Å². The number of aromatic amines is 1. The molecule has 0 aliphatic carbocycles. The molecule has 1 aliphatic rings. The summed E-state index contributed by atoms with van der Waals surface area (Å²) in [5.74, 6) is -0.117. The third-order valence-corrected chi connectivity index (χ3v) is 3.86. The van der Waals surface area contributed by atoms with Crippen LogP contribution in [0, 0.1) is 0 Å². The van der Waals surface area contributed by atoms with Crippen LogP contribution in [0.25, 0.3) is 6.08 Å². The van der Waals surface area contributed by atoms with E-state index in [4.69, 9.17) is 4.74 Å². The molecule has 2 aromatic rings. The lowest BCUT2D eigenvalue weighted by atomic mass is 9.85. The fraction of sp³-hybridized carbons (Fsp3) is 0.211. The van der Waals surface area contributed by atoms with E-state index >= 15 is 0 Å². The van der Waals surface area contributed by atoms with E-state index in [-0.39, 0.29) is 11.1 Å². The van der Waals surface area contributed by atoms with Crippen molar-refractivity contribution >= 4 is 24.2 Å². The van der Waals surface area contributed by atoms with Gasteiger partial charge in [0.1, 0.15) is 0 Å². The predicted molar refractivity (Wildman–Crippen MR) is 95.3 cm³/mol. The molecule has 1 aliphatic heterocycles. The lowest BCUT2D eigenvalue weighted by Crippen LogP contribution is -2.19. The van der Waals surface area contributed by atoms with Gasteiger partial charge in [0, 0.05) is 36.1 Å². The van der Waals surface area contributed by atoms with Crippen molar-refractivity contribution in [1.82, 2.24) is 4.98 Å². The van der Waals surface area contributed by atoms with Crippen LogP contribution in [-0.2, 0) is 14.9 Å². The van der Waals surface area contributed by atoms with E-state index in [1.807, 2.05) is 42.6 Å². The zero-order valence-electron chi connectivity index (χ0n) is 13.9. The van der Waals surface area contributed by atoms with Crippen LogP contribution in [0.2, 0.25) is 0 Å². The minimum absolute atomic E-state index is 0.153. The Kier molecular flexibility index (Phi) is 4.16. The minimum Gasteiger partial charge on any atom is -0.402 e. The molecular formula is C19H19N3O2. The number of rotatable bonds is 4. The SMILES string of the molecule is C/N=C/C(C)(C)c1ccc(C2=N/C(=C\c3ccc[nH]3)C(=O)O2)cc1. The Labute approximate surface area is 140 Å². The summed E-state index contributed by atoms with van der Waals surface area (Å²) in [5.41, 5.74) is 2.84. The summed E-state index contributed by atoms with van der Waals surface area (Å²) >= 11 is 0. The highest BCUT2D eigenvalue weighted by molar-refractivity contribution is 6.12. The number of esters is 1. The Morgan fingerprint density at radius 3 is 2.58 bits per heavy atom. The molecule has 0 spiro atoms. The second-order valence-corrected chi connectivity index (χ2v) is 6.15. The monoisotopic (exact) mass is 321 g/mol. The predicted octanol–water partition coefficient (Wildman–Crippen LogP) is 3.34. The number of cyclic esters (lactones) is 1. The number of aliphatic imine (C=N–C) groups is 2. The van der Waals surface area contributed by atoms with Crippen LogP contribution in [0.15, 0.2) is 58.3 Å². The number of aromatic nitrogens is 1. The molecule has 0 fully saturated rings. The summed E-state index contributed by atoms with van der Waals surface area (Å²) in [5, 5.41) is 0. The van der Waals surface area contributed by atoms with E-state index in [1.165, 1.54) is 0 Å². The number of nitrogens with zero attached hydrogens (tertiary/aromatic N) is 2. The van der Waals surface area contributed by atoms with Gasteiger partial charge in [-0.25, -0.2) is 9.79 Å². The molecule has 5 nitrogen and oxygen atoms in total. The number of hydrogen-bond donors (Lipinski definition) is 1. The number of nitrogens with one attached hydrogen (secondary N) is 1. The molecule has 24 heavy (non-hydrogen) atoms. The lowest BCUT2D eigenvalue weighted by molar-refractivity contribution is -0.129. The molecule has 2 heterocycles. The van der Waals surface area contributed by atoms with Crippen molar-refractivity contribution < 1.29 is 9.53 Å². The fourth-order valence-corrected chi connectivity index (χ4v) is 2.55. The summed E-state index contributed by atoms with van der Waals surface area (Å²) in [6.45, 7) is 4.19. The quantitative estimate of drug-likeness (QED) is 0.533. The second kappa shape index (κ2) is 6.28. The maximum atomic E-state index is 12.0. The zero-order valence-corrected chi connectivity index (χ0v) is 13.9. The first kappa shape index (κ1) is 15.9. The van der Waals surface area contributed by atoms with Crippen molar-refractivity contribution in [3.05, 3.63) is 65.1 Å². The standard InChI is InChI=1S/C19H19N3O2/c1-19(2,12-20-3)14-8-6-13(7-9-14)17-22-16(18(23)24-17)11-15-5-4-10-21-15/h4-12,21H,1-3H3/b16-11-,20-12+. The van der Waals surface area contributed by atoms with E-state index in [9.17, 15) is 4.79 Å². The average molecular weight is 321 g/mol. The molecule has 0 saturated heterocycles. The maximum Gasteiger partial charge on any atom is 0.363 e.